The Labute approximate surface area is 132 Å². The third-order valence-corrected chi connectivity index (χ3v) is 4.43. The second-order valence-electron chi connectivity index (χ2n) is 6.05. The van der Waals surface area contributed by atoms with E-state index in [2.05, 4.69) is 4.90 Å². The molecule has 0 unspecified atom stereocenters. The van der Waals surface area contributed by atoms with E-state index >= 15 is 0 Å². The highest BCUT2D eigenvalue weighted by Gasteiger charge is 2.55. The Morgan fingerprint density at radius 1 is 1.36 bits per heavy atom. The van der Waals surface area contributed by atoms with Crippen LogP contribution in [0.5, 0.6) is 0 Å². The summed E-state index contributed by atoms with van der Waals surface area (Å²) in [6.07, 6.45) is 2.47. The monoisotopic (exact) mass is 313 g/mol. The van der Waals surface area contributed by atoms with Gasteiger partial charge in [0.25, 0.3) is 0 Å². The molecular formula is C16H27NO5. The molecule has 2 atom stereocenters. The minimum absolute atomic E-state index is 0.230. The first-order chi connectivity index (χ1) is 10.6. The highest BCUT2D eigenvalue weighted by atomic mass is 16.6. The second kappa shape index (κ2) is 7.92. The van der Waals surface area contributed by atoms with Crippen LogP contribution in [-0.4, -0.2) is 62.4 Å². The number of rotatable bonds is 7. The summed E-state index contributed by atoms with van der Waals surface area (Å²) in [4.78, 5) is 27.0. The predicted octanol–water partition coefficient (Wildman–Crippen LogP) is 1.37. The quantitative estimate of drug-likeness (QED) is 0.522. The van der Waals surface area contributed by atoms with E-state index in [4.69, 9.17) is 14.2 Å². The summed E-state index contributed by atoms with van der Waals surface area (Å²) in [6, 6.07) is 0. The standard InChI is InChI=1S/C16H27NO5/c1-3-5-6-16(14(18)21-4-2)11-13(22-15(16)19)12-17-7-9-20-10-8-17/h13H,3-12H2,1-2H3/t13-,16-/m1/s1. The first-order valence-electron chi connectivity index (χ1n) is 8.30. The van der Waals surface area contributed by atoms with Gasteiger partial charge in [0, 0.05) is 26.1 Å². The SMILES string of the molecule is CCCC[C@]1(C(=O)OCC)C[C@H](CN2CCOCC2)OC1=O. The number of carbonyl (C=O) groups is 2. The molecule has 0 amide bonds. The summed E-state index contributed by atoms with van der Waals surface area (Å²) < 4.78 is 16.0. The minimum atomic E-state index is -1.09. The van der Waals surface area contributed by atoms with E-state index in [1.807, 2.05) is 6.92 Å². The maximum absolute atomic E-state index is 12.4. The Hall–Kier alpha value is -1.14. The molecule has 2 heterocycles. The molecule has 6 nitrogen and oxygen atoms in total. The predicted molar refractivity (Wildman–Crippen MR) is 80.3 cm³/mol. The number of unbranched alkanes of at least 4 members (excludes halogenated alkanes) is 1. The highest BCUT2D eigenvalue weighted by Crippen LogP contribution is 2.40. The molecular weight excluding hydrogens is 286 g/mol. The summed E-state index contributed by atoms with van der Waals surface area (Å²) in [5, 5.41) is 0. The van der Waals surface area contributed by atoms with Gasteiger partial charge in [-0.25, -0.2) is 0 Å². The van der Waals surface area contributed by atoms with Gasteiger partial charge >= 0.3 is 11.9 Å². The third kappa shape index (κ3) is 3.79. The lowest BCUT2D eigenvalue weighted by atomic mass is 9.80. The molecule has 0 aromatic heterocycles. The van der Waals surface area contributed by atoms with Crippen LogP contribution in [-0.2, 0) is 23.8 Å². The zero-order chi connectivity index (χ0) is 16.0. The summed E-state index contributed by atoms with van der Waals surface area (Å²) in [7, 11) is 0. The molecule has 0 aromatic rings. The fourth-order valence-electron chi connectivity index (χ4n) is 3.17. The molecule has 2 saturated heterocycles. The van der Waals surface area contributed by atoms with Crippen LogP contribution in [0.25, 0.3) is 0 Å². The van der Waals surface area contributed by atoms with Crippen LogP contribution < -0.4 is 0 Å². The number of ether oxygens (including phenoxy) is 3. The van der Waals surface area contributed by atoms with Crippen molar-refractivity contribution in [2.75, 3.05) is 39.5 Å². The maximum Gasteiger partial charge on any atom is 0.323 e. The van der Waals surface area contributed by atoms with Crippen molar-refractivity contribution in [3.05, 3.63) is 0 Å². The maximum atomic E-state index is 12.4. The number of morpholine rings is 1. The van der Waals surface area contributed by atoms with Crippen LogP contribution >= 0.6 is 0 Å². The lowest BCUT2D eigenvalue weighted by Gasteiger charge is -2.28. The molecule has 0 N–H and O–H groups in total. The Bertz CT molecular complexity index is 394. The van der Waals surface area contributed by atoms with E-state index in [0.29, 0.717) is 32.6 Å². The van der Waals surface area contributed by atoms with Crippen LogP contribution in [0, 0.1) is 5.41 Å². The molecule has 0 radical (unpaired) electrons. The molecule has 0 bridgehead atoms. The number of esters is 2. The van der Waals surface area contributed by atoms with Gasteiger partial charge in [-0.15, -0.1) is 0 Å². The van der Waals surface area contributed by atoms with Gasteiger partial charge in [0.1, 0.15) is 6.10 Å². The minimum Gasteiger partial charge on any atom is -0.465 e. The van der Waals surface area contributed by atoms with Gasteiger partial charge in [-0.05, 0) is 13.3 Å². The number of carbonyl (C=O) groups excluding carboxylic acids is 2. The third-order valence-electron chi connectivity index (χ3n) is 4.43. The Balaban J connectivity index is 2.02. The van der Waals surface area contributed by atoms with E-state index in [0.717, 1.165) is 25.9 Å². The van der Waals surface area contributed by atoms with Gasteiger partial charge in [-0.2, -0.15) is 0 Å². The Morgan fingerprint density at radius 2 is 2.09 bits per heavy atom. The van der Waals surface area contributed by atoms with Crippen molar-refractivity contribution in [2.45, 2.75) is 45.6 Å². The van der Waals surface area contributed by atoms with Gasteiger partial charge in [0.05, 0.1) is 19.8 Å². The Morgan fingerprint density at radius 3 is 2.73 bits per heavy atom. The van der Waals surface area contributed by atoms with Crippen molar-refractivity contribution >= 4 is 11.9 Å². The van der Waals surface area contributed by atoms with E-state index < -0.39 is 17.4 Å². The fourth-order valence-corrected chi connectivity index (χ4v) is 3.17. The molecule has 0 saturated carbocycles. The molecule has 0 aliphatic carbocycles. The zero-order valence-corrected chi connectivity index (χ0v) is 13.6. The van der Waals surface area contributed by atoms with Crippen LogP contribution in [0.4, 0.5) is 0 Å². The first kappa shape index (κ1) is 17.2. The van der Waals surface area contributed by atoms with Crippen molar-refractivity contribution < 1.29 is 23.8 Å². The number of cyclic esters (lactones) is 1. The van der Waals surface area contributed by atoms with Gasteiger partial charge in [0.15, 0.2) is 5.41 Å². The molecule has 2 rings (SSSR count). The molecule has 2 aliphatic rings. The summed E-state index contributed by atoms with van der Waals surface area (Å²) in [5.41, 5.74) is -1.09. The van der Waals surface area contributed by atoms with E-state index in [1.165, 1.54) is 0 Å². The molecule has 6 heteroatoms. The van der Waals surface area contributed by atoms with Crippen molar-refractivity contribution in [3.8, 4) is 0 Å². The van der Waals surface area contributed by atoms with E-state index in [-0.39, 0.29) is 12.7 Å². The van der Waals surface area contributed by atoms with Gasteiger partial charge in [0.2, 0.25) is 0 Å². The lowest BCUT2D eigenvalue weighted by molar-refractivity contribution is -0.165. The lowest BCUT2D eigenvalue weighted by Crippen LogP contribution is -2.41. The van der Waals surface area contributed by atoms with Crippen LogP contribution in [0.3, 0.4) is 0 Å². The molecule has 126 valence electrons. The van der Waals surface area contributed by atoms with Gasteiger partial charge < -0.3 is 14.2 Å². The number of hydrogen-bond donors (Lipinski definition) is 0. The van der Waals surface area contributed by atoms with Crippen molar-refractivity contribution in [1.82, 2.24) is 4.90 Å². The number of nitrogens with zero attached hydrogens (tertiary/aromatic N) is 1. The summed E-state index contributed by atoms with van der Waals surface area (Å²) >= 11 is 0. The summed E-state index contributed by atoms with van der Waals surface area (Å²) in [6.45, 7) is 7.86. The average molecular weight is 313 g/mol. The normalized spacial score (nSPS) is 29.4. The molecule has 22 heavy (non-hydrogen) atoms. The molecule has 2 fully saturated rings. The van der Waals surface area contributed by atoms with E-state index in [1.54, 1.807) is 6.92 Å². The average Bonchev–Trinajstić information content (AvgIpc) is 2.83. The van der Waals surface area contributed by atoms with Crippen LogP contribution in [0.1, 0.15) is 39.5 Å². The fraction of sp³-hybridized carbons (Fsp3) is 0.875. The zero-order valence-electron chi connectivity index (χ0n) is 13.6. The van der Waals surface area contributed by atoms with E-state index in [9.17, 15) is 9.59 Å². The van der Waals surface area contributed by atoms with Crippen molar-refractivity contribution in [2.24, 2.45) is 5.41 Å². The molecule has 0 aromatic carbocycles. The molecule has 0 spiro atoms. The number of hydrogen-bond acceptors (Lipinski definition) is 6. The van der Waals surface area contributed by atoms with Crippen LogP contribution in [0.15, 0.2) is 0 Å². The largest absolute Gasteiger partial charge is 0.465 e. The highest BCUT2D eigenvalue weighted by molar-refractivity contribution is 6.01. The first-order valence-corrected chi connectivity index (χ1v) is 8.30. The smallest absolute Gasteiger partial charge is 0.323 e. The van der Waals surface area contributed by atoms with Crippen LogP contribution in [0.2, 0.25) is 0 Å². The van der Waals surface area contributed by atoms with Crippen molar-refractivity contribution in [3.63, 3.8) is 0 Å². The Kier molecular flexibility index (Phi) is 6.20. The van der Waals surface area contributed by atoms with Gasteiger partial charge in [-0.3, -0.25) is 14.5 Å². The molecule has 2 aliphatic heterocycles. The topological polar surface area (TPSA) is 65.1 Å². The van der Waals surface area contributed by atoms with Gasteiger partial charge in [-0.1, -0.05) is 19.8 Å². The summed E-state index contributed by atoms with van der Waals surface area (Å²) in [5.74, 6) is -0.824. The van der Waals surface area contributed by atoms with Crippen molar-refractivity contribution in [1.29, 1.82) is 0 Å². The second-order valence-corrected chi connectivity index (χ2v) is 6.05.